The van der Waals surface area contributed by atoms with Crippen LogP contribution < -0.4 is 4.89 Å². The Morgan fingerprint density at radius 1 is 0.566 bits per heavy atom. The van der Waals surface area contributed by atoms with Crippen molar-refractivity contribution in [3.05, 3.63) is 12.2 Å². The van der Waals surface area contributed by atoms with Gasteiger partial charge in [0.05, 0.1) is 27.7 Å². The molecular weight excluding hydrogens is 689 g/mol. The van der Waals surface area contributed by atoms with E-state index < -0.39 is 32.5 Å². The number of phosphoric ester groups is 1. The zero-order valence-corrected chi connectivity index (χ0v) is 36.1. The predicted molar refractivity (Wildman–Crippen MR) is 218 cm³/mol. The minimum absolute atomic E-state index is 0.0290. The van der Waals surface area contributed by atoms with Crippen molar-refractivity contribution in [1.29, 1.82) is 0 Å². The third-order valence-electron chi connectivity index (χ3n) is 9.54. The van der Waals surface area contributed by atoms with Crippen LogP contribution in [0.15, 0.2) is 12.2 Å². The molecule has 1 unspecified atom stereocenters. The zero-order valence-electron chi connectivity index (χ0n) is 35.2. The highest BCUT2D eigenvalue weighted by atomic mass is 31.2. The molecule has 0 aromatic heterocycles. The first kappa shape index (κ1) is 51.8. The van der Waals surface area contributed by atoms with E-state index in [0.29, 0.717) is 17.4 Å². The van der Waals surface area contributed by atoms with E-state index >= 15 is 0 Å². The van der Waals surface area contributed by atoms with Gasteiger partial charge in [-0.15, -0.1) is 0 Å². The van der Waals surface area contributed by atoms with Gasteiger partial charge in [-0.1, -0.05) is 161 Å². The topological polar surface area (TPSA) is 111 Å². The molecule has 9 nitrogen and oxygen atoms in total. The minimum Gasteiger partial charge on any atom is -0.756 e. The highest BCUT2D eigenvalue weighted by molar-refractivity contribution is 7.45. The summed E-state index contributed by atoms with van der Waals surface area (Å²) in [7, 11) is 1.17. The summed E-state index contributed by atoms with van der Waals surface area (Å²) in [5, 5.41) is 0. The molecule has 10 heteroatoms. The minimum atomic E-state index is -4.62. The van der Waals surface area contributed by atoms with Gasteiger partial charge in [-0.2, -0.15) is 0 Å². The van der Waals surface area contributed by atoms with E-state index in [-0.39, 0.29) is 26.1 Å². The molecule has 0 spiro atoms. The maximum Gasteiger partial charge on any atom is 0.306 e. The zero-order chi connectivity index (χ0) is 39.3. The van der Waals surface area contributed by atoms with Crippen LogP contribution in [0.3, 0.4) is 0 Å². The first-order valence-corrected chi connectivity index (χ1v) is 23.4. The number of likely N-dealkylation sites (N-methyl/N-ethyl adjacent to an activating group) is 1. The molecule has 0 aromatic carbocycles. The van der Waals surface area contributed by atoms with Gasteiger partial charge in [0.2, 0.25) is 0 Å². The Hall–Kier alpha value is -1.25. The Balaban J connectivity index is 4.32. The van der Waals surface area contributed by atoms with E-state index in [1.807, 2.05) is 21.1 Å². The van der Waals surface area contributed by atoms with Crippen molar-refractivity contribution < 1.29 is 42.1 Å². The largest absolute Gasteiger partial charge is 0.756 e. The Kier molecular flexibility index (Phi) is 35.5. The van der Waals surface area contributed by atoms with Crippen LogP contribution in [0.4, 0.5) is 0 Å². The Morgan fingerprint density at radius 2 is 0.962 bits per heavy atom. The lowest BCUT2D eigenvalue weighted by atomic mass is 10.0. The molecule has 0 aromatic rings. The standard InChI is InChI=1S/C43H84NO8P/c1-6-8-10-12-14-16-18-20-21-22-23-24-26-28-30-32-34-36-43(46)52-41(40-51-53(47,48)50-38-37-44(3,4)5)39-49-42(45)35-33-31-29-27-25-19-17-15-13-11-9-7-2/h15,17,41H,6-14,16,18-40H2,1-5H3/b17-15+/t41-/m1/s1. The van der Waals surface area contributed by atoms with Crippen molar-refractivity contribution in [3.8, 4) is 0 Å². The van der Waals surface area contributed by atoms with E-state index in [9.17, 15) is 19.0 Å². The summed E-state index contributed by atoms with van der Waals surface area (Å²) in [6.07, 6.45) is 36.6. The number of ether oxygens (including phenoxy) is 2. The van der Waals surface area contributed by atoms with Crippen LogP contribution in [0.2, 0.25) is 0 Å². The highest BCUT2D eigenvalue weighted by Gasteiger charge is 2.21. The average Bonchev–Trinajstić information content (AvgIpc) is 3.10. The molecule has 0 radical (unpaired) electrons. The van der Waals surface area contributed by atoms with Crippen LogP contribution in [0.25, 0.3) is 0 Å². The molecule has 0 aliphatic rings. The second-order valence-electron chi connectivity index (χ2n) is 16.1. The van der Waals surface area contributed by atoms with Crippen molar-refractivity contribution in [2.45, 2.75) is 206 Å². The van der Waals surface area contributed by atoms with Crippen molar-refractivity contribution in [1.82, 2.24) is 0 Å². The Morgan fingerprint density at radius 3 is 1.43 bits per heavy atom. The summed E-state index contributed by atoms with van der Waals surface area (Å²) >= 11 is 0. The molecule has 0 saturated carbocycles. The lowest BCUT2D eigenvalue weighted by molar-refractivity contribution is -0.870. The predicted octanol–water partition coefficient (Wildman–Crippen LogP) is 11.6. The number of hydrogen-bond donors (Lipinski definition) is 0. The molecule has 0 saturated heterocycles. The maximum atomic E-state index is 12.7. The Labute approximate surface area is 326 Å². The number of carbonyl (C=O) groups excluding carboxylic acids is 2. The molecule has 2 atom stereocenters. The molecule has 0 amide bonds. The monoisotopic (exact) mass is 774 g/mol. The van der Waals surface area contributed by atoms with Crippen molar-refractivity contribution in [2.75, 3.05) is 47.5 Å². The van der Waals surface area contributed by atoms with E-state index in [0.717, 1.165) is 51.4 Å². The highest BCUT2D eigenvalue weighted by Crippen LogP contribution is 2.38. The number of rotatable bonds is 40. The number of nitrogens with zero attached hydrogens (tertiary/aromatic N) is 1. The molecular formula is C43H84NO8P. The van der Waals surface area contributed by atoms with Crippen LogP contribution in [0.1, 0.15) is 200 Å². The van der Waals surface area contributed by atoms with Gasteiger partial charge in [-0.25, -0.2) is 0 Å². The van der Waals surface area contributed by atoms with Gasteiger partial charge in [0.1, 0.15) is 19.8 Å². The molecule has 53 heavy (non-hydrogen) atoms. The fraction of sp³-hybridized carbons (Fsp3) is 0.907. The third-order valence-corrected chi connectivity index (χ3v) is 10.5. The molecule has 0 bridgehead atoms. The number of hydrogen-bond acceptors (Lipinski definition) is 8. The van der Waals surface area contributed by atoms with Gasteiger partial charge in [-0.05, 0) is 38.5 Å². The average molecular weight is 774 g/mol. The molecule has 0 heterocycles. The van der Waals surface area contributed by atoms with E-state index in [2.05, 4.69) is 26.0 Å². The van der Waals surface area contributed by atoms with Gasteiger partial charge >= 0.3 is 11.9 Å². The van der Waals surface area contributed by atoms with Gasteiger partial charge in [0.15, 0.2) is 6.10 Å². The number of quaternary nitrogens is 1. The number of esters is 2. The molecule has 0 aliphatic heterocycles. The molecule has 0 aliphatic carbocycles. The summed E-state index contributed by atoms with van der Waals surface area (Å²) in [4.78, 5) is 37.5. The second kappa shape index (κ2) is 36.4. The normalized spacial score (nSPS) is 13.7. The van der Waals surface area contributed by atoms with Crippen LogP contribution in [0.5, 0.6) is 0 Å². The molecule has 0 N–H and O–H groups in total. The number of unbranched alkanes of at least 4 members (excludes halogenated alkanes) is 24. The number of carbonyl (C=O) groups is 2. The third kappa shape index (κ3) is 40.2. The first-order valence-electron chi connectivity index (χ1n) is 21.9. The van der Waals surface area contributed by atoms with Gasteiger partial charge in [0, 0.05) is 12.8 Å². The van der Waals surface area contributed by atoms with Gasteiger partial charge in [-0.3, -0.25) is 14.2 Å². The van der Waals surface area contributed by atoms with E-state index in [4.69, 9.17) is 18.5 Å². The van der Waals surface area contributed by atoms with E-state index in [1.165, 1.54) is 116 Å². The lowest BCUT2D eigenvalue weighted by Crippen LogP contribution is -2.37. The molecule has 0 fully saturated rings. The van der Waals surface area contributed by atoms with Crippen LogP contribution in [-0.2, 0) is 32.7 Å². The van der Waals surface area contributed by atoms with Crippen LogP contribution in [-0.4, -0.2) is 70.0 Å². The van der Waals surface area contributed by atoms with E-state index in [1.54, 1.807) is 0 Å². The smallest absolute Gasteiger partial charge is 0.306 e. The lowest BCUT2D eigenvalue weighted by Gasteiger charge is -2.28. The fourth-order valence-electron chi connectivity index (χ4n) is 6.06. The number of allylic oxidation sites excluding steroid dienone is 2. The van der Waals surface area contributed by atoms with Crippen molar-refractivity contribution in [2.24, 2.45) is 0 Å². The summed E-state index contributed by atoms with van der Waals surface area (Å²) < 4.78 is 33.9. The van der Waals surface area contributed by atoms with Crippen molar-refractivity contribution in [3.63, 3.8) is 0 Å². The second-order valence-corrected chi connectivity index (χ2v) is 17.5. The molecule has 0 rings (SSSR count). The molecule has 314 valence electrons. The quantitative estimate of drug-likeness (QED) is 0.0199. The van der Waals surface area contributed by atoms with Gasteiger partial charge < -0.3 is 27.9 Å². The summed E-state index contributed by atoms with van der Waals surface area (Å²) in [6.45, 7) is 4.21. The summed E-state index contributed by atoms with van der Waals surface area (Å²) in [5.74, 6) is -0.836. The van der Waals surface area contributed by atoms with Gasteiger partial charge in [0.25, 0.3) is 7.82 Å². The SMILES string of the molecule is CCCCC/C=C/CCCCCCCC(=O)OC[C@H](COP(=O)([O-])OCC[N+](C)(C)C)OC(=O)CCCCCCCCCCCCCCCCCCC. The van der Waals surface area contributed by atoms with Crippen LogP contribution in [0, 0.1) is 0 Å². The summed E-state index contributed by atoms with van der Waals surface area (Å²) in [5.41, 5.74) is 0. The van der Waals surface area contributed by atoms with Crippen LogP contribution >= 0.6 is 7.82 Å². The number of phosphoric acid groups is 1. The maximum absolute atomic E-state index is 12.7. The summed E-state index contributed by atoms with van der Waals surface area (Å²) in [6, 6.07) is 0. The van der Waals surface area contributed by atoms with Crippen molar-refractivity contribution >= 4 is 19.8 Å². The Bertz CT molecular complexity index is 922. The fourth-order valence-corrected chi connectivity index (χ4v) is 6.79. The first-order chi connectivity index (χ1) is 25.5.